The molecule has 4 N–H and O–H groups in total. The maximum atomic E-state index is 12.4. The molecule has 1 aromatic heterocycles. The van der Waals surface area contributed by atoms with Crippen LogP contribution in [-0.2, 0) is 9.59 Å². The smallest absolute Gasteiger partial charge is 0.471 e. The number of nitrogens with two attached hydrogens (primary N) is 1. The number of nitriles is 1. The van der Waals surface area contributed by atoms with Crippen molar-refractivity contribution in [1.29, 1.82) is 5.26 Å². The number of carboxylic acids is 1. The van der Waals surface area contributed by atoms with Gasteiger partial charge in [-0.3, -0.25) is 14.4 Å². The van der Waals surface area contributed by atoms with Crippen LogP contribution in [0.3, 0.4) is 0 Å². The minimum Gasteiger partial charge on any atom is -0.481 e. The largest absolute Gasteiger partial charge is 0.481 e. The molecule has 8 nitrogen and oxygen atoms in total. The fourth-order valence-electron chi connectivity index (χ4n) is 1.72. The number of pyridine rings is 1. The molecule has 0 unspecified atom stereocenters. The minimum absolute atomic E-state index is 0.0310. The van der Waals surface area contributed by atoms with Crippen molar-refractivity contribution in [2.45, 2.75) is 25.1 Å². The Hall–Kier alpha value is -3.16. The molecule has 0 spiro atoms. The normalized spacial score (nSPS) is 12.1. The molecule has 0 saturated heterocycles. The summed E-state index contributed by atoms with van der Waals surface area (Å²) in [7, 11) is 0. The lowest BCUT2D eigenvalue weighted by molar-refractivity contribution is -0.174. The molecule has 1 rings (SSSR count). The van der Waals surface area contributed by atoms with Gasteiger partial charge in [-0.2, -0.15) is 18.4 Å². The van der Waals surface area contributed by atoms with Gasteiger partial charge in [0.25, 0.3) is 0 Å². The van der Waals surface area contributed by atoms with Gasteiger partial charge in [-0.15, -0.1) is 0 Å². The zero-order valence-corrected chi connectivity index (χ0v) is 11.9. The Labute approximate surface area is 133 Å². The summed E-state index contributed by atoms with van der Waals surface area (Å²) in [5.41, 5.74) is 4.58. The Morgan fingerprint density at radius 2 is 2.04 bits per heavy atom. The van der Waals surface area contributed by atoms with Gasteiger partial charge in [0.2, 0.25) is 0 Å². The van der Waals surface area contributed by atoms with Crippen molar-refractivity contribution in [3.63, 3.8) is 0 Å². The molecule has 11 heteroatoms. The number of halogens is 3. The summed E-state index contributed by atoms with van der Waals surface area (Å²) in [6, 6.07) is 0.783. The van der Waals surface area contributed by atoms with Crippen molar-refractivity contribution in [2.75, 3.05) is 5.73 Å². The second-order valence-electron chi connectivity index (χ2n) is 4.60. The highest BCUT2D eigenvalue weighted by Gasteiger charge is 2.41. The van der Waals surface area contributed by atoms with E-state index >= 15 is 0 Å². The van der Waals surface area contributed by atoms with Crippen molar-refractivity contribution in [1.82, 2.24) is 10.3 Å². The van der Waals surface area contributed by atoms with Crippen molar-refractivity contribution in [2.24, 2.45) is 0 Å². The van der Waals surface area contributed by atoms with E-state index in [-0.39, 0.29) is 5.69 Å². The molecule has 0 aromatic carbocycles. The van der Waals surface area contributed by atoms with E-state index in [0.29, 0.717) is 0 Å². The van der Waals surface area contributed by atoms with Crippen LogP contribution >= 0.6 is 0 Å². The van der Waals surface area contributed by atoms with Gasteiger partial charge in [-0.05, 0) is 12.5 Å². The number of ketones is 1. The Bertz CT molecular complexity index is 712. The number of alkyl halides is 3. The number of anilines is 1. The Morgan fingerprint density at radius 1 is 1.42 bits per heavy atom. The number of aromatic nitrogens is 1. The van der Waals surface area contributed by atoms with E-state index in [2.05, 4.69) is 4.98 Å². The highest BCUT2D eigenvalue weighted by molar-refractivity contribution is 6.04. The third-order valence-corrected chi connectivity index (χ3v) is 2.81. The number of carboxylic acid groups (broad SMARTS) is 1. The molecule has 128 valence electrons. The second kappa shape index (κ2) is 7.40. The van der Waals surface area contributed by atoms with E-state index in [4.69, 9.17) is 16.1 Å². The first-order valence-corrected chi connectivity index (χ1v) is 6.35. The van der Waals surface area contributed by atoms with Gasteiger partial charge in [-0.1, -0.05) is 0 Å². The molecule has 0 aliphatic carbocycles. The number of carbonyl (C=O) groups is 3. The summed E-state index contributed by atoms with van der Waals surface area (Å²) >= 11 is 0. The minimum atomic E-state index is -5.26. The average molecular weight is 344 g/mol. The first-order chi connectivity index (χ1) is 11.1. The van der Waals surface area contributed by atoms with Crippen molar-refractivity contribution in [3.05, 3.63) is 23.5 Å². The monoisotopic (exact) mass is 344 g/mol. The Balaban J connectivity index is 3.16. The average Bonchev–Trinajstić information content (AvgIpc) is 2.49. The maximum Gasteiger partial charge on any atom is 0.471 e. The van der Waals surface area contributed by atoms with Crippen LogP contribution in [-0.4, -0.2) is 40.0 Å². The molecule has 1 amide bonds. The van der Waals surface area contributed by atoms with Crippen LogP contribution in [0.5, 0.6) is 0 Å². The summed E-state index contributed by atoms with van der Waals surface area (Å²) in [5, 5.41) is 19.0. The molecule has 0 fully saturated rings. The highest BCUT2D eigenvalue weighted by Crippen LogP contribution is 2.18. The standard InChI is InChI=1S/C13H11F3N4O4/c14-13(15,16)12(24)20-8(1-2-10(21)22)11(23)7-3-6(18)5-19-9(7)4-17/h3,5,8H,1-2,18H2,(H,20,24)(H,21,22)/t8-/m0/s1. The van der Waals surface area contributed by atoms with Gasteiger partial charge in [0, 0.05) is 6.42 Å². The van der Waals surface area contributed by atoms with Gasteiger partial charge in [0.15, 0.2) is 11.5 Å². The number of nitrogen functional groups attached to an aromatic ring is 1. The third-order valence-electron chi connectivity index (χ3n) is 2.81. The van der Waals surface area contributed by atoms with Crippen LogP contribution in [0, 0.1) is 11.3 Å². The van der Waals surface area contributed by atoms with Gasteiger partial charge >= 0.3 is 18.1 Å². The number of hydrogen-bond acceptors (Lipinski definition) is 6. The van der Waals surface area contributed by atoms with Crippen LogP contribution in [0.15, 0.2) is 12.3 Å². The van der Waals surface area contributed by atoms with E-state index in [1.54, 1.807) is 6.07 Å². The zero-order chi connectivity index (χ0) is 18.5. The molecule has 24 heavy (non-hydrogen) atoms. The van der Waals surface area contributed by atoms with Crippen LogP contribution in [0.2, 0.25) is 0 Å². The molecule has 0 bridgehead atoms. The number of nitrogens with zero attached hydrogens (tertiary/aromatic N) is 2. The quantitative estimate of drug-likeness (QED) is 0.641. The number of Topliss-reactive ketones (excluding diaryl/α,β-unsaturated/α-hetero) is 1. The molecular weight excluding hydrogens is 333 g/mol. The Morgan fingerprint density at radius 3 is 2.54 bits per heavy atom. The van der Waals surface area contributed by atoms with E-state index in [1.807, 2.05) is 0 Å². The first-order valence-electron chi connectivity index (χ1n) is 6.35. The summed E-state index contributed by atoms with van der Waals surface area (Å²) in [4.78, 5) is 37.5. The fourth-order valence-corrected chi connectivity index (χ4v) is 1.72. The van der Waals surface area contributed by atoms with E-state index in [9.17, 15) is 27.6 Å². The van der Waals surface area contributed by atoms with E-state index < -0.39 is 54.0 Å². The summed E-state index contributed by atoms with van der Waals surface area (Å²) in [6.45, 7) is 0. The van der Waals surface area contributed by atoms with Crippen LogP contribution < -0.4 is 11.1 Å². The molecule has 1 atom stereocenters. The fraction of sp³-hybridized carbons (Fsp3) is 0.308. The predicted octanol–water partition coefficient (Wildman–Crippen LogP) is 0.630. The van der Waals surface area contributed by atoms with Gasteiger partial charge < -0.3 is 16.2 Å². The molecule has 0 saturated carbocycles. The first kappa shape index (κ1) is 18.9. The number of aliphatic carboxylic acids is 1. The van der Waals surface area contributed by atoms with Crippen molar-refractivity contribution < 1.29 is 32.7 Å². The molecule has 0 radical (unpaired) electrons. The van der Waals surface area contributed by atoms with Crippen molar-refractivity contribution in [3.8, 4) is 6.07 Å². The number of carbonyl (C=O) groups excluding carboxylic acids is 2. The summed E-state index contributed by atoms with van der Waals surface area (Å²) in [5.74, 6) is -4.87. The zero-order valence-electron chi connectivity index (χ0n) is 11.9. The third kappa shape index (κ3) is 4.94. The SMILES string of the molecule is N#Cc1ncc(N)cc1C(=O)[C@H](CCC(=O)O)NC(=O)C(F)(F)F. The maximum absolute atomic E-state index is 12.4. The topological polar surface area (TPSA) is 146 Å². The Kier molecular flexibility index (Phi) is 5.83. The predicted molar refractivity (Wildman–Crippen MR) is 72.6 cm³/mol. The molecule has 1 heterocycles. The number of nitrogens with one attached hydrogen (secondary N) is 1. The van der Waals surface area contributed by atoms with Crippen molar-refractivity contribution >= 4 is 23.3 Å². The van der Waals surface area contributed by atoms with E-state index in [1.165, 1.54) is 5.32 Å². The lowest BCUT2D eigenvalue weighted by Gasteiger charge is -2.18. The number of rotatable bonds is 6. The molecule has 0 aliphatic rings. The lowest BCUT2D eigenvalue weighted by Crippen LogP contribution is -2.47. The summed E-state index contributed by atoms with van der Waals surface area (Å²) < 4.78 is 37.1. The lowest BCUT2D eigenvalue weighted by atomic mass is 9.98. The number of amides is 1. The van der Waals surface area contributed by atoms with Gasteiger partial charge in [-0.25, -0.2) is 4.98 Å². The van der Waals surface area contributed by atoms with Gasteiger partial charge in [0.1, 0.15) is 6.07 Å². The van der Waals surface area contributed by atoms with Crippen LogP contribution in [0.4, 0.5) is 18.9 Å². The highest BCUT2D eigenvalue weighted by atomic mass is 19.4. The molecule has 1 aromatic rings. The van der Waals surface area contributed by atoms with Gasteiger partial charge in [0.05, 0.1) is 23.5 Å². The molecule has 0 aliphatic heterocycles. The number of hydrogen-bond donors (Lipinski definition) is 3. The summed E-state index contributed by atoms with van der Waals surface area (Å²) in [6.07, 6.45) is -5.47. The second-order valence-corrected chi connectivity index (χ2v) is 4.60. The molecular formula is C13H11F3N4O4. The van der Waals surface area contributed by atoms with Crippen LogP contribution in [0.1, 0.15) is 28.9 Å². The van der Waals surface area contributed by atoms with E-state index in [0.717, 1.165) is 12.3 Å². The van der Waals surface area contributed by atoms with Crippen LogP contribution in [0.25, 0.3) is 0 Å².